The van der Waals surface area contributed by atoms with Gasteiger partial charge in [-0.25, -0.2) is 8.42 Å². The Bertz CT molecular complexity index is 926. The molecule has 0 amide bonds. The van der Waals surface area contributed by atoms with Crippen LogP contribution in [-0.4, -0.2) is 39.6 Å². The normalized spacial score (nSPS) is 20.2. The number of nitrogens with zero attached hydrogens (tertiary/aromatic N) is 4. The van der Waals surface area contributed by atoms with E-state index in [0.29, 0.717) is 18.0 Å². The van der Waals surface area contributed by atoms with Gasteiger partial charge in [-0.05, 0) is 24.8 Å². The topological polar surface area (TPSA) is 108 Å². The van der Waals surface area contributed by atoms with E-state index in [2.05, 4.69) is 10.2 Å². The van der Waals surface area contributed by atoms with Gasteiger partial charge in [0.05, 0.1) is 16.4 Å². The van der Waals surface area contributed by atoms with Gasteiger partial charge in [0.2, 0.25) is 0 Å². The second-order valence-electron chi connectivity index (χ2n) is 6.54. The first kappa shape index (κ1) is 18.8. The molecule has 2 aromatic rings. The summed E-state index contributed by atoms with van der Waals surface area (Å²) >= 11 is 1.47. The summed E-state index contributed by atoms with van der Waals surface area (Å²) in [6, 6.07) is 6.56. The van der Waals surface area contributed by atoms with Gasteiger partial charge < -0.3 is 4.57 Å². The van der Waals surface area contributed by atoms with E-state index in [1.807, 2.05) is 24.6 Å². The van der Waals surface area contributed by atoms with Gasteiger partial charge in [0.1, 0.15) is 5.82 Å². The lowest BCUT2D eigenvalue weighted by Crippen LogP contribution is -2.11. The van der Waals surface area contributed by atoms with Crippen molar-refractivity contribution in [1.29, 1.82) is 0 Å². The van der Waals surface area contributed by atoms with Crippen molar-refractivity contribution in [2.75, 3.05) is 11.5 Å². The quantitative estimate of drug-likeness (QED) is 0.419. The average Bonchev–Trinajstić information content (AvgIpc) is 3.11. The third kappa shape index (κ3) is 4.24. The highest BCUT2D eigenvalue weighted by Crippen LogP contribution is 2.35. The fraction of sp³-hybridized carbons (Fsp3) is 0.500. The number of rotatable bonds is 6. The van der Waals surface area contributed by atoms with Crippen LogP contribution in [0.1, 0.15) is 30.0 Å². The molecule has 10 heteroatoms. The Morgan fingerprint density at radius 2 is 2.19 bits per heavy atom. The molecular formula is C16H20N4O4S2. The number of hydrogen-bond acceptors (Lipinski definition) is 7. The summed E-state index contributed by atoms with van der Waals surface area (Å²) in [5.74, 6) is 1.32. The molecule has 0 spiro atoms. The Labute approximate surface area is 156 Å². The number of thioether (sulfide) groups is 1. The lowest BCUT2D eigenvalue weighted by Gasteiger charge is -2.12. The van der Waals surface area contributed by atoms with Crippen LogP contribution in [0.4, 0.5) is 5.69 Å². The molecule has 2 atom stereocenters. The van der Waals surface area contributed by atoms with E-state index in [0.717, 1.165) is 11.4 Å². The second-order valence-corrected chi connectivity index (χ2v) is 10.1. The molecule has 0 bridgehead atoms. The zero-order valence-electron chi connectivity index (χ0n) is 14.5. The molecule has 1 saturated heterocycles. The first-order valence-electron chi connectivity index (χ1n) is 8.25. The smallest absolute Gasteiger partial charge is 0.269 e. The maximum atomic E-state index is 11.6. The lowest BCUT2D eigenvalue weighted by molar-refractivity contribution is -0.384. The summed E-state index contributed by atoms with van der Waals surface area (Å²) in [5, 5.41) is 20.0. The van der Waals surface area contributed by atoms with E-state index in [1.54, 1.807) is 12.1 Å². The van der Waals surface area contributed by atoms with Crippen molar-refractivity contribution in [2.24, 2.45) is 13.0 Å². The van der Waals surface area contributed by atoms with Crippen LogP contribution in [0.15, 0.2) is 29.4 Å². The monoisotopic (exact) mass is 396 g/mol. The molecule has 3 rings (SSSR count). The molecular weight excluding hydrogens is 376 g/mol. The summed E-state index contributed by atoms with van der Waals surface area (Å²) in [6.45, 7) is 1.96. The minimum Gasteiger partial charge on any atom is -0.309 e. The predicted octanol–water partition coefficient (Wildman–Crippen LogP) is 2.55. The summed E-state index contributed by atoms with van der Waals surface area (Å²) in [5.41, 5.74) is 0.909. The number of benzene rings is 1. The van der Waals surface area contributed by atoms with Gasteiger partial charge in [-0.15, -0.1) is 10.2 Å². The van der Waals surface area contributed by atoms with Crippen LogP contribution in [-0.2, 0) is 23.3 Å². The maximum Gasteiger partial charge on any atom is 0.269 e. The summed E-state index contributed by atoms with van der Waals surface area (Å²) in [7, 11) is -1.04. The van der Waals surface area contributed by atoms with Crippen LogP contribution in [0, 0.1) is 16.0 Å². The molecule has 0 aliphatic carbocycles. The highest BCUT2D eigenvalue weighted by molar-refractivity contribution is 7.99. The lowest BCUT2D eigenvalue weighted by atomic mass is 10.1. The summed E-state index contributed by atoms with van der Waals surface area (Å²) in [6.07, 6.45) is 1.26. The van der Waals surface area contributed by atoms with Crippen LogP contribution in [0.3, 0.4) is 0 Å². The Hall–Kier alpha value is -1.94. The fourth-order valence-electron chi connectivity index (χ4n) is 3.03. The Morgan fingerprint density at radius 3 is 2.85 bits per heavy atom. The van der Waals surface area contributed by atoms with Crippen LogP contribution >= 0.6 is 11.8 Å². The van der Waals surface area contributed by atoms with Crippen LogP contribution in [0.2, 0.25) is 0 Å². The molecule has 1 aromatic carbocycles. The molecule has 1 aliphatic rings. The van der Waals surface area contributed by atoms with Gasteiger partial charge in [0.25, 0.3) is 5.69 Å². The van der Waals surface area contributed by atoms with E-state index in [-0.39, 0.29) is 28.4 Å². The van der Waals surface area contributed by atoms with Crippen molar-refractivity contribution in [1.82, 2.24) is 14.8 Å². The predicted molar refractivity (Wildman–Crippen MR) is 98.8 cm³/mol. The molecule has 26 heavy (non-hydrogen) atoms. The largest absolute Gasteiger partial charge is 0.309 e. The standard InChI is InChI=1S/C16H20N4O4S2/c1-11(13-4-3-5-14(9-13)20(21)22)25-16-18-17-15(19(16)2)8-12-6-7-26(23,24)10-12/h3-5,9,11-12H,6-8,10H2,1-2H3. The van der Waals surface area contributed by atoms with Gasteiger partial charge in [0, 0.05) is 30.9 Å². The highest BCUT2D eigenvalue weighted by atomic mass is 32.2. The Morgan fingerprint density at radius 1 is 1.42 bits per heavy atom. The minimum absolute atomic E-state index is 0.0301. The molecule has 2 unspecified atom stereocenters. The molecule has 140 valence electrons. The van der Waals surface area contributed by atoms with E-state index in [9.17, 15) is 18.5 Å². The van der Waals surface area contributed by atoms with Gasteiger partial charge in [-0.2, -0.15) is 0 Å². The van der Waals surface area contributed by atoms with Crippen LogP contribution in [0.25, 0.3) is 0 Å². The van der Waals surface area contributed by atoms with Crippen molar-refractivity contribution in [3.63, 3.8) is 0 Å². The number of hydrogen-bond donors (Lipinski definition) is 0. The fourth-order valence-corrected chi connectivity index (χ4v) is 5.85. The van der Waals surface area contributed by atoms with Crippen molar-refractivity contribution in [3.05, 3.63) is 45.8 Å². The van der Waals surface area contributed by atoms with Gasteiger partial charge in [0.15, 0.2) is 15.0 Å². The van der Waals surface area contributed by atoms with Crippen molar-refractivity contribution < 1.29 is 13.3 Å². The molecule has 2 heterocycles. The van der Waals surface area contributed by atoms with Crippen LogP contribution in [0.5, 0.6) is 0 Å². The zero-order valence-corrected chi connectivity index (χ0v) is 16.2. The third-order valence-electron chi connectivity index (χ3n) is 4.56. The Balaban J connectivity index is 1.70. The van der Waals surface area contributed by atoms with Crippen molar-refractivity contribution in [3.8, 4) is 0 Å². The van der Waals surface area contributed by atoms with E-state index >= 15 is 0 Å². The van der Waals surface area contributed by atoms with E-state index < -0.39 is 14.8 Å². The molecule has 1 fully saturated rings. The summed E-state index contributed by atoms with van der Waals surface area (Å²) < 4.78 is 25.1. The average molecular weight is 396 g/mol. The van der Waals surface area contributed by atoms with Gasteiger partial charge in [-0.3, -0.25) is 10.1 Å². The van der Waals surface area contributed by atoms with E-state index in [4.69, 9.17) is 0 Å². The number of sulfone groups is 1. The van der Waals surface area contributed by atoms with Crippen molar-refractivity contribution in [2.45, 2.75) is 30.2 Å². The molecule has 1 aliphatic heterocycles. The molecule has 1 aromatic heterocycles. The third-order valence-corrected chi connectivity index (χ3v) is 7.58. The first-order chi connectivity index (χ1) is 12.2. The van der Waals surface area contributed by atoms with E-state index in [1.165, 1.54) is 17.8 Å². The number of nitro groups is 1. The number of nitro benzene ring substituents is 1. The van der Waals surface area contributed by atoms with Gasteiger partial charge >= 0.3 is 0 Å². The highest BCUT2D eigenvalue weighted by Gasteiger charge is 2.29. The number of aromatic nitrogens is 3. The second kappa shape index (κ2) is 7.36. The minimum atomic E-state index is -2.91. The maximum absolute atomic E-state index is 11.6. The zero-order chi connectivity index (χ0) is 18.9. The van der Waals surface area contributed by atoms with Crippen molar-refractivity contribution >= 4 is 27.3 Å². The molecule has 0 saturated carbocycles. The number of non-ortho nitro benzene ring substituents is 1. The van der Waals surface area contributed by atoms with Crippen LogP contribution < -0.4 is 0 Å². The summed E-state index contributed by atoms with van der Waals surface area (Å²) in [4.78, 5) is 10.5. The first-order valence-corrected chi connectivity index (χ1v) is 10.9. The SMILES string of the molecule is CC(Sc1nnc(CC2CCS(=O)(=O)C2)n1C)c1cccc([N+](=O)[O-])c1. The molecule has 0 radical (unpaired) electrons. The molecule has 8 nitrogen and oxygen atoms in total. The molecule has 0 N–H and O–H groups in total. The Kier molecular flexibility index (Phi) is 5.33. The van der Waals surface area contributed by atoms with Gasteiger partial charge in [-0.1, -0.05) is 23.9 Å².